The van der Waals surface area contributed by atoms with Gasteiger partial charge in [-0.2, -0.15) is 4.98 Å². The molecule has 0 aliphatic carbocycles. The van der Waals surface area contributed by atoms with E-state index in [4.69, 9.17) is 10.3 Å². The molecule has 4 N–H and O–H groups in total. The Bertz CT molecular complexity index is 501. The lowest BCUT2D eigenvalue weighted by molar-refractivity contribution is 0.0942. The molecule has 0 radical (unpaired) electrons. The van der Waals surface area contributed by atoms with E-state index in [2.05, 4.69) is 20.4 Å². The monoisotopic (exact) mass is 221 g/mol. The third-order valence-electron chi connectivity index (χ3n) is 1.92. The lowest BCUT2D eigenvalue weighted by Crippen LogP contribution is -2.23. The van der Waals surface area contributed by atoms with E-state index >= 15 is 0 Å². The van der Waals surface area contributed by atoms with Crippen LogP contribution in [0.2, 0.25) is 0 Å². The summed E-state index contributed by atoms with van der Waals surface area (Å²) >= 11 is 0. The molecular weight excluding hydrogens is 210 g/mol. The van der Waals surface area contributed by atoms with Gasteiger partial charge in [0, 0.05) is 11.9 Å². The molecule has 7 heteroatoms. The zero-order chi connectivity index (χ0) is 11.5. The summed E-state index contributed by atoms with van der Waals surface area (Å²) in [6.07, 6.45) is 1.55. The summed E-state index contributed by atoms with van der Waals surface area (Å²) in [5.41, 5.74) is 6.38. The molecule has 0 saturated heterocycles. The standard InChI is InChI=1S/C9H11N5O2/c1-5-13-8(16-14-5)4-12-9(15)7-2-6(10)3-11-7/h2-3,11H,4,10H2,1H3,(H,12,15). The highest BCUT2D eigenvalue weighted by Crippen LogP contribution is 2.04. The van der Waals surface area contributed by atoms with Gasteiger partial charge >= 0.3 is 0 Å². The number of hydrogen-bond donors (Lipinski definition) is 3. The fourth-order valence-electron chi connectivity index (χ4n) is 1.21. The van der Waals surface area contributed by atoms with Gasteiger partial charge in [-0.05, 0) is 13.0 Å². The van der Waals surface area contributed by atoms with Gasteiger partial charge in [-0.3, -0.25) is 4.79 Å². The number of carbonyl (C=O) groups excluding carboxylic acids is 1. The molecule has 2 aromatic rings. The molecule has 84 valence electrons. The number of aryl methyl sites for hydroxylation is 1. The molecule has 2 aromatic heterocycles. The van der Waals surface area contributed by atoms with Crippen LogP contribution >= 0.6 is 0 Å². The van der Waals surface area contributed by atoms with Gasteiger partial charge in [0.15, 0.2) is 5.82 Å². The SMILES string of the molecule is Cc1noc(CNC(=O)c2cc(N)c[nH]2)n1. The first-order valence-corrected chi connectivity index (χ1v) is 4.66. The number of nitrogens with two attached hydrogens (primary N) is 1. The Morgan fingerprint density at radius 1 is 1.69 bits per heavy atom. The van der Waals surface area contributed by atoms with Crippen molar-refractivity contribution in [3.05, 3.63) is 29.7 Å². The summed E-state index contributed by atoms with van der Waals surface area (Å²) < 4.78 is 4.85. The fraction of sp³-hybridized carbons (Fsp3) is 0.222. The van der Waals surface area contributed by atoms with E-state index in [0.29, 0.717) is 23.1 Å². The van der Waals surface area contributed by atoms with Crippen LogP contribution in [0.5, 0.6) is 0 Å². The molecule has 0 unspecified atom stereocenters. The van der Waals surface area contributed by atoms with E-state index in [0.717, 1.165) is 0 Å². The fourth-order valence-corrected chi connectivity index (χ4v) is 1.21. The molecular formula is C9H11N5O2. The van der Waals surface area contributed by atoms with Crippen LogP contribution in [0.3, 0.4) is 0 Å². The second-order valence-corrected chi connectivity index (χ2v) is 3.26. The number of aromatic nitrogens is 3. The molecule has 1 amide bonds. The number of aromatic amines is 1. The average molecular weight is 221 g/mol. The van der Waals surface area contributed by atoms with Gasteiger partial charge in [0.2, 0.25) is 5.89 Å². The van der Waals surface area contributed by atoms with E-state index in [1.165, 1.54) is 0 Å². The van der Waals surface area contributed by atoms with Crippen LogP contribution in [-0.2, 0) is 6.54 Å². The maximum atomic E-state index is 11.6. The number of carbonyl (C=O) groups is 1. The van der Waals surface area contributed by atoms with Crippen LogP contribution in [0, 0.1) is 6.92 Å². The third-order valence-corrected chi connectivity index (χ3v) is 1.92. The zero-order valence-corrected chi connectivity index (χ0v) is 8.65. The third kappa shape index (κ3) is 2.19. The molecule has 16 heavy (non-hydrogen) atoms. The zero-order valence-electron chi connectivity index (χ0n) is 8.65. The largest absolute Gasteiger partial charge is 0.397 e. The second kappa shape index (κ2) is 4.05. The van der Waals surface area contributed by atoms with Gasteiger partial charge in [-0.25, -0.2) is 0 Å². The molecule has 2 heterocycles. The quantitative estimate of drug-likeness (QED) is 0.686. The maximum absolute atomic E-state index is 11.6. The summed E-state index contributed by atoms with van der Waals surface area (Å²) in [7, 11) is 0. The van der Waals surface area contributed by atoms with Crippen LogP contribution < -0.4 is 11.1 Å². The molecule has 0 spiro atoms. The van der Waals surface area contributed by atoms with Crippen molar-refractivity contribution >= 4 is 11.6 Å². The molecule has 0 aliphatic rings. The minimum absolute atomic E-state index is 0.193. The molecule has 0 atom stereocenters. The van der Waals surface area contributed by atoms with Crippen LogP contribution in [-0.4, -0.2) is 21.0 Å². The van der Waals surface area contributed by atoms with E-state index in [9.17, 15) is 4.79 Å². The molecule has 2 rings (SSSR count). The van der Waals surface area contributed by atoms with E-state index in [1.807, 2.05) is 0 Å². The molecule has 7 nitrogen and oxygen atoms in total. The Morgan fingerprint density at radius 2 is 2.50 bits per heavy atom. The van der Waals surface area contributed by atoms with Gasteiger partial charge in [-0.1, -0.05) is 5.16 Å². The topological polar surface area (TPSA) is 110 Å². The Morgan fingerprint density at radius 3 is 3.06 bits per heavy atom. The number of nitrogens with zero attached hydrogens (tertiary/aromatic N) is 2. The lowest BCUT2D eigenvalue weighted by atomic mass is 10.4. The van der Waals surface area contributed by atoms with Crippen LogP contribution in [0.15, 0.2) is 16.8 Å². The predicted molar refractivity (Wildman–Crippen MR) is 55.4 cm³/mol. The minimum Gasteiger partial charge on any atom is -0.397 e. The number of amides is 1. The smallest absolute Gasteiger partial charge is 0.268 e. The number of hydrogen-bond acceptors (Lipinski definition) is 5. The van der Waals surface area contributed by atoms with Crippen molar-refractivity contribution < 1.29 is 9.32 Å². The van der Waals surface area contributed by atoms with Crippen LogP contribution in [0.1, 0.15) is 22.2 Å². The van der Waals surface area contributed by atoms with Gasteiger partial charge in [-0.15, -0.1) is 0 Å². The van der Waals surface area contributed by atoms with Crippen molar-refractivity contribution in [1.29, 1.82) is 0 Å². The van der Waals surface area contributed by atoms with Gasteiger partial charge < -0.3 is 20.6 Å². The number of rotatable bonds is 3. The molecule has 0 saturated carbocycles. The van der Waals surface area contributed by atoms with Crippen molar-refractivity contribution in [1.82, 2.24) is 20.4 Å². The van der Waals surface area contributed by atoms with Gasteiger partial charge in [0.1, 0.15) is 5.69 Å². The normalized spacial score (nSPS) is 10.3. The van der Waals surface area contributed by atoms with Gasteiger partial charge in [0.05, 0.1) is 6.54 Å². The Kier molecular flexibility index (Phi) is 2.59. The number of H-pyrrole nitrogens is 1. The van der Waals surface area contributed by atoms with Crippen molar-refractivity contribution in [2.75, 3.05) is 5.73 Å². The maximum Gasteiger partial charge on any atom is 0.268 e. The Labute approximate surface area is 91.0 Å². The second-order valence-electron chi connectivity index (χ2n) is 3.26. The van der Waals surface area contributed by atoms with Crippen LogP contribution in [0.25, 0.3) is 0 Å². The summed E-state index contributed by atoms with van der Waals surface area (Å²) in [6.45, 7) is 1.90. The molecule has 0 aromatic carbocycles. The summed E-state index contributed by atoms with van der Waals surface area (Å²) in [5.74, 6) is 0.631. The van der Waals surface area contributed by atoms with E-state index in [-0.39, 0.29) is 12.5 Å². The predicted octanol–water partition coefficient (Wildman–Crippen LogP) is 0.218. The lowest BCUT2D eigenvalue weighted by Gasteiger charge is -1.98. The average Bonchev–Trinajstić information content (AvgIpc) is 2.84. The Balaban J connectivity index is 1.93. The highest BCUT2D eigenvalue weighted by atomic mass is 16.5. The van der Waals surface area contributed by atoms with Crippen molar-refractivity contribution in [3.63, 3.8) is 0 Å². The highest BCUT2D eigenvalue weighted by molar-refractivity contribution is 5.93. The summed E-state index contributed by atoms with van der Waals surface area (Å²) in [6, 6.07) is 1.55. The summed E-state index contributed by atoms with van der Waals surface area (Å²) in [5, 5.41) is 6.23. The molecule has 0 aliphatic heterocycles. The highest BCUT2D eigenvalue weighted by Gasteiger charge is 2.09. The minimum atomic E-state index is -0.271. The van der Waals surface area contributed by atoms with Crippen LogP contribution in [0.4, 0.5) is 5.69 Å². The van der Waals surface area contributed by atoms with Crippen molar-refractivity contribution in [3.8, 4) is 0 Å². The van der Waals surface area contributed by atoms with Gasteiger partial charge in [0.25, 0.3) is 5.91 Å². The number of anilines is 1. The summed E-state index contributed by atoms with van der Waals surface area (Å²) in [4.78, 5) is 18.2. The molecule has 0 fully saturated rings. The Hall–Kier alpha value is -2.31. The first-order chi connectivity index (χ1) is 7.65. The molecule has 0 bridgehead atoms. The van der Waals surface area contributed by atoms with E-state index < -0.39 is 0 Å². The van der Waals surface area contributed by atoms with Crippen molar-refractivity contribution in [2.45, 2.75) is 13.5 Å². The first kappa shape index (κ1) is 10.2. The first-order valence-electron chi connectivity index (χ1n) is 4.66. The van der Waals surface area contributed by atoms with E-state index in [1.54, 1.807) is 19.2 Å². The number of nitrogens with one attached hydrogen (secondary N) is 2. The number of nitrogen functional groups attached to an aromatic ring is 1. The van der Waals surface area contributed by atoms with Crippen molar-refractivity contribution in [2.24, 2.45) is 0 Å².